The number of rotatable bonds is 6. The molecular weight excluding hydrogens is 206 g/mol. The van der Waals surface area contributed by atoms with Crippen molar-refractivity contribution < 1.29 is 9.32 Å². The van der Waals surface area contributed by atoms with Crippen molar-refractivity contribution in [2.45, 2.75) is 33.2 Å². The highest BCUT2D eigenvalue weighted by atomic mass is 16.5. The second-order valence-corrected chi connectivity index (χ2v) is 3.87. The van der Waals surface area contributed by atoms with Crippen molar-refractivity contribution >= 4 is 5.91 Å². The van der Waals surface area contributed by atoms with E-state index >= 15 is 0 Å². The van der Waals surface area contributed by atoms with Crippen LogP contribution in [0.3, 0.4) is 0 Å². The average molecular weight is 225 g/mol. The zero-order valence-corrected chi connectivity index (χ0v) is 9.82. The van der Waals surface area contributed by atoms with Crippen LogP contribution >= 0.6 is 0 Å². The van der Waals surface area contributed by atoms with E-state index in [0.29, 0.717) is 18.8 Å². The van der Waals surface area contributed by atoms with Gasteiger partial charge in [-0.3, -0.25) is 4.79 Å². The lowest BCUT2D eigenvalue weighted by Gasteiger charge is -2.12. The van der Waals surface area contributed by atoms with E-state index in [9.17, 15) is 4.79 Å². The second-order valence-electron chi connectivity index (χ2n) is 3.87. The van der Waals surface area contributed by atoms with E-state index in [1.54, 1.807) is 6.07 Å². The molecule has 0 aliphatic rings. The summed E-state index contributed by atoms with van der Waals surface area (Å²) >= 11 is 0. The predicted octanol–water partition coefficient (Wildman–Crippen LogP) is 0.974. The maximum Gasteiger partial charge on any atom is 0.224 e. The normalized spacial score (nSPS) is 12.4. The van der Waals surface area contributed by atoms with Gasteiger partial charge in [-0.15, -0.1) is 0 Å². The Morgan fingerprint density at radius 3 is 2.94 bits per heavy atom. The van der Waals surface area contributed by atoms with Gasteiger partial charge in [0.2, 0.25) is 5.91 Å². The Labute approximate surface area is 95.4 Å². The lowest BCUT2D eigenvalue weighted by atomic mass is 10.0. The van der Waals surface area contributed by atoms with Crippen molar-refractivity contribution in [2.24, 2.45) is 11.7 Å². The molecule has 16 heavy (non-hydrogen) atoms. The zero-order valence-electron chi connectivity index (χ0n) is 9.82. The first kappa shape index (κ1) is 12.7. The minimum absolute atomic E-state index is 0.0154. The fourth-order valence-corrected chi connectivity index (χ4v) is 1.52. The summed E-state index contributed by atoms with van der Waals surface area (Å²) < 4.78 is 4.99. The minimum Gasteiger partial charge on any atom is -0.359 e. The third kappa shape index (κ3) is 3.66. The molecule has 1 heterocycles. The third-order valence-corrected chi connectivity index (χ3v) is 2.41. The molecule has 3 N–H and O–H groups in total. The molecule has 0 aliphatic carbocycles. The molecule has 5 nitrogen and oxygen atoms in total. The molecule has 1 unspecified atom stereocenters. The van der Waals surface area contributed by atoms with Crippen molar-refractivity contribution in [3.05, 3.63) is 17.5 Å². The standard InChI is InChI=1S/C11H19N3O2/c1-3-4-9(6-12)11(15)13-7-10-5-8(2)14-16-10/h5,9H,3-4,6-7,12H2,1-2H3,(H,13,15). The fraction of sp³-hybridized carbons (Fsp3) is 0.636. The van der Waals surface area contributed by atoms with Crippen LogP contribution < -0.4 is 11.1 Å². The van der Waals surface area contributed by atoms with Crippen LogP contribution in [0.5, 0.6) is 0 Å². The van der Waals surface area contributed by atoms with Gasteiger partial charge >= 0.3 is 0 Å². The molecule has 0 spiro atoms. The molecule has 1 amide bonds. The first-order valence-electron chi connectivity index (χ1n) is 5.57. The monoisotopic (exact) mass is 225 g/mol. The van der Waals surface area contributed by atoms with E-state index in [1.807, 2.05) is 13.8 Å². The molecule has 0 aliphatic heterocycles. The minimum atomic E-state index is -0.103. The highest BCUT2D eigenvalue weighted by Crippen LogP contribution is 2.06. The number of nitrogens with two attached hydrogens (primary N) is 1. The summed E-state index contributed by atoms with van der Waals surface area (Å²) in [6.07, 6.45) is 1.77. The van der Waals surface area contributed by atoms with Crippen molar-refractivity contribution in [3.63, 3.8) is 0 Å². The molecule has 5 heteroatoms. The summed E-state index contributed by atoms with van der Waals surface area (Å²) in [6, 6.07) is 1.80. The second kappa shape index (κ2) is 6.27. The van der Waals surface area contributed by atoms with Crippen molar-refractivity contribution in [3.8, 4) is 0 Å². The lowest BCUT2D eigenvalue weighted by Crippen LogP contribution is -2.34. The Morgan fingerprint density at radius 1 is 1.69 bits per heavy atom. The number of hydrogen-bond acceptors (Lipinski definition) is 4. The van der Waals surface area contributed by atoms with Crippen molar-refractivity contribution in [1.82, 2.24) is 10.5 Å². The van der Waals surface area contributed by atoms with Crippen molar-refractivity contribution in [1.29, 1.82) is 0 Å². The Morgan fingerprint density at radius 2 is 2.44 bits per heavy atom. The van der Waals surface area contributed by atoms with Crippen LogP contribution in [-0.4, -0.2) is 17.6 Å². The smallest absolute Gasteiger partial charge is 0.224 e. The topological polar surface area (TPSA) is 81.2 Å². The number of amides is 1. The number of carbonyl (C=O) groups excluding carboxylic acids is 1. The number of nitrogens with zero attached hydrogens (tertiary/aromatic N) is 1. The first-order valence-corrected chi connectivity index (χ1v) is 5.57. The molecular formula is C11H19N3O2. The molecule has 1 atom stereocenters. The summed E-state index contributed by atoms with van der Waals surface area (Å²) in [5.41, 5.74) is 6.35. The van der Waals surface area contributed by atoms with Gasteiger partial charge in [-0.2, -0.15) is 0 Å². The van der Waals surface area contributed by atoms with Crippen LogP contribution in [0.2, 0.25) is 0 Å². The Kier molecular flexibility index (Phi) is 4.98. The molecule has 1 rings (SSSR count). The van der Waals surface area contributed by atoms with E-state index < -0.39 is 0 Å². The molecule has 0 radical (unpaired) electrons. The molecule has 0 aromatic carbocycles. The van der Waals surface area contributed by atoms with Gasteiger partial charge < -0.3 is 15.6 Å². The number of nitrogens with one attached hydrogen (secondary N) is 1. The van der Waals surface area contributed by atoms with Gasteiger partial charge in [-0.25, -0.2) is 0 Å². The van der Waals surface area contributed by atoms with Gasteiger partial charge in [0.1, 0.15) is 0 Å². The summed E-state index contributed by atoms with van der Waals surface area (Å²) in [4.78, 5) is 11.7. The predicted molar refractivity (Wildman–Crippen MR) is 60.5 cm³/mol. The van der Waals surface area contributed by atoms with Gasteiger partial charge in [0, 0.05) is 12.6 Å². The van der Waals surface area contributed by atoms with Gasteiger partial charge in [-0.1, -0.05) is 18.5 Å². The van der Waals surface area contributed by atoms with E-state index in [-0.39, 0.29) is 11.8 Å². The lowest BCUT2D eigenvalue weighted by molar-refractivity contribution is -0.125. The van der Waals surface area contributed by atoms with Crippen molar-refractivity contribution in [2.75, 3.05) is 6.54 Å². The molecule has 90 valence electrons. The molecule has 0 saturated heterocycles. The van der Waals surface area contributed by atoms with Crippen LogP contribution in [0.25, 0.3) is 0 Å². The summed E-state index contributed by atoms with van der Waals surface area (Å²) in [7, 11) is 0. The van der Waals surface area contributed by atoms with E-state index in [4.69, 9.17) is 10.3 Å². The van der Waals surface area contributed by atoms with E-state index in [2.05, 4.69) is 10.5 Å². The SMILES string of the molecule is CCCC(CN)C(=O)NCc1cc(C)no1. The number of carbonyl (C=O) groups is 1. The van der Waals surface area contributed by atoms with E-state index in [1.165, 1.54) is 0 Å². The van der Waals surface area contributed by atoms with Gasteiger partial charge in [-0.05, 0) is 13.3 Å². The molecule has 0 bridgehead atoms. The molecule has 1 aromatic rings. The van der Waals surface area contributed by atoms with Crippen LogP contribution in [0.1, 0.15) is 31.2 Å². The average Bonchev–Trinajstić information content (AvgIpc) is 2.68. The van der Waals surface area contributed by atoms with Gasteiger partial charge in [0.15, 0.2) is 5.76 Å². The quantitative estimate of drug-likeness (QED) is 0.756. The van der Waals surface area contributed by atoms with Crippen LogP contribution in [0.4, 0.5) is 0 Å². The Balaban J connectivity index is 2.39. The summed E-state index contributed by atoms with van der Waals surface area (Å²) in [5, 5.41) is 6.54. The highest BCUT2D eigenvalue weighted by Gasteiger charge is 2.15. The van der Waals surface area contributed by atoms with Crippen LogP contribution in [0.15, 0.2) is 10.6 Å². The summed E-state index contributed by atoms with van der Waals surface area (Å²) in [6.45, 7) is 4.64. The largest absolute Gasteiger partial charge is 0.359 e. The maximum atomic E-state index is 11.7. The maximum absolute atomic E-state index is 11.7. The number of aromatic nitrogens is 1. The molecule has 0 fully saturated rings. The first-order chi connectivity index (χ1) is 7.67. The van der Waals surface area contributed by atoms with Crippen LogP contribution in [0, 0.1) is 12.8 Å². The van der Waals surface area contributed by atoms with E-state index in [0.717, 1.165) is 18.5 Å². The van der Waals surface area contributed by atoms with Gasteiger partial charge in [0.05, 0.1) is 18.2 Å². The zero-order chi connectivity index (χ0) is 12.0. The Bertz CT molecular complexity index is 336. The van der Waals surface area contributed by atoms with Gasteiger partial charge in [0.25, 0.3) is 0 Å². The fourth-order valence-electron chi connectivity index (χ4n) is 1.52. The molecule has 0 saturated carbocycles. The number of hydrogen-bond donors (Lipinski definition) is 2. The highest BCUT2D eigenvalue weighted by molar-refractivity contribution is 5.78. The van der Waals surface area contributed by atoms with Crippen LogP contribution in [-0.2, 0) is 11.3 Å². The Hall–Kier alpha value is -1.36. The third-order valence-electron chi connectivity index (χ3n) is 2.41. The summed E-state index contributed by atoms with van der Waals surface area (Å²) in [5.74, 6) is 0.547. The number of aryl methyl sites for hydroxylation is 1. The molecule has 1 aromatic heterocycles.